The Kier molecular flexibility index (Phi) is 2.28. The maximum absolute atomic E-state index is 13.3. The van der Waals surface area contributed by atoms with E-state index in [9.17, 15) is 9.18 Å². The van der Waals surface area contributed by atoms with E-state index in [-0.39, 0.29) is 17.1 Å². The fourth-order valence-corrected chi connectivity index (χ4v) is 1.26. The van der Waals surface area contributed by atoms with Crippen LogP contribution in [0.25, 0.3) is 5.69 Å². The van der Waals surface area contributed by atoms with Gasteiger partial charge in [0.1, 0.15) is 5.69 Å². The molecule has 0 fully saturated rings. The molecule has 0 aliphatic rings. The molecule has 1 amide bonds. The van der Waals surface area contributed by atoms with Crippen molar-refractivity contribution in [2.45, 2.75) is 0 Å². The monoisotopic (exact) mass is 221 g/mol. The number of nitrogen functional groups attached to an aromatic ring is 1. The van der Waals surface area contributed by atoms with E-state index in [4.69, 9.17) is 11.5 Å². The number of hydrogen-bond donors (Lipinski definition) is 2. The van der Waals surface area contributed by atoms with Crippen LogP contribution in [0.5, 0.6) is 0 Å². The van der Waals surface area contributed by atoms with Gasteiger partial charge in [-0.15, -0.1) is 0 Å². The smallest absolute Gasteiger partial charge is 0.271 e. The summed E-state index contributed by atoms with van der Waals surface area (Å²) < 4.78 is 14.5. The molecule has 2 heterocycles. The van der Waals surface area contributed by atoms with Crippen LogP contribution in [0.4, 0.5) is 10.1 Å². The van der Waals surface area contributed by atoms with Crippen molar-refractivity contribution >= 4 is 11.6 Å². The van der Waals surface area contributed by atoms with Crippen LogP contribution in [0.3, 0.4) is 0 Å². The summed E-state index contributed by atoms with van der Waals surface area (Å²) in [6, 6.07) is 1.41. The summed E-state index contributed by atoms with van der Waals surface area (Å²) in [4.78, 5) is 14.5. The van der Waals surface area contributed by atoms with Crippen molar-refractivity contribution in [3.8, 4) is 5.69 Å². The van der Waals surface area contributed by atoms with Gasteiger partial charge >= 0.3 is 0 Å². The van der Waals surface area contributed by atoms with Crippen molar-refractivity contribution < 1.29 is 9.18 Å². The van der Waals surface area contributed by atoms with Gasteiger partial charge in [0.2, 0.25) is 0 Å². The van der Waals surface area contributed by atoms with Crippen molar-refractivity contribution in [1.82, 2.24) is 14.8 Å². The number of nitrogens with zero attached hydrogens (tertiary/aromatic N) is 3. The first-order valence-corrected chi connectivity index (χ1v) is 4.34. The maximum atomic E-state index is 13.3. The van der Waals surface area contributed by atoms with Crippen LogP contribution in [0.2, 0.25) is 0 Å². The first kappa shape index (κ1) is 10.1. The van der Waals surface area contributed by atoms with Crippen molar-refractivity contribution in [2.75, 3.05) is 5.73 Å². The Morgan fingerprint density at radius 3 is 2.81 bits per heavy atom. The SMILES string of the molecule is NC(=O)c1nn(-c2ccncc2F)cc1N. The molecular weight excluding hydrogens is 213 g/mol. The summed E-state index contributed by atoms with van der Waals surface area (Å²) in [5.74, 6) is -1.33. The fraction of sp³-hybridized carbons (Fsp3) is 0. The molecule has 0 aromatic carbocycles. The van der Waals surface area contributed by atoms with Crippen LogP contribution in [-0.2, 0) is 0 Å². The highest BCUT2D eigenvalue weighted by Gasteiger charge is 2.13. The van der Waals surface area contributed by atoms with Gasteiger partial charge in [0.05, 0.1) is 18.1 Å². The Morgan fingerprint density at radius 2 is 2.25 bits per heavy atom. The Hall–Kier alpha value is -2.44. The van der Waals surface area contributed by atoms with Crippen LogP contribution in [0.1, 0.15) is 10.5 Å². The highest BCUT2D eigenvalue weighted by molar-refractivity contribution is 5.95. The molecule has 82 valence electrons. The predicted molar refractivity (Wildman–Crippen MR) is 54.2 cm³/mol. The van der Waals surface area contributed by atoms with Crippen LogP contribution >= 0.6 is 0 Å². The van der Waals surface area contributed by atoms with Gasteiger partial charge < -0.3 is 11.5 Å². The van der Waals surface area contributed by atoms with E-state index in [0.717, 1.165) is 10.9 Å². The highest BCUT2D eigenvalue weighted by Crippen LogP contribution is 2.15. The summed E-state index contributed by atoms with van der Waals surface area (Å²) in [5, 5.41) is 3.79. The van der Waals surface area contributed by atoms with E-state index in [0.29, 0.717) is 0 Å². The van der Waals surface area contributed by atoms with Gasteiger partial charge in [-0.25, -0.2) is 9.07 Å². The molecular formula is C9H8FN5O. The Morgan fingerprint density at radius 1 is 1.50 bits per heavy atom. The third kappa shape index (κ3) is 1.58. The van der Waals surface area contributed by atoms with E-state index in [1.54, 1.807) is 0 Å². The average Bonchev–Trinajstić information content (AvgIpc) is 2.61. The molecule has 0 aliphatic carbocycles. The van der Waals surface area contributed by atoms with Gasteiger partial charge in [-0.2, -0.15) is 5.10 Å². The second-order valence-electron chi connectivity index (χ2n) is 3.07. The lowest BCUT2D eigenvalue weighted by Crippen LogP contribution is -2.14. The van der Waals surface area contributed by atoms with Gasteiger partial charge in [-0.3, -0.25) is 9.78 Å². The normalized spacial score (nSPS) is 10.3. The zero-order valence-electron chi connectivity index (χ0n) is 8.09. The second-order valence-corrected chi connectivity index (χ2v) is 3.07. The number of carbonyl (C=O) groups excluding carboxylic acids is 1. The lowest BCUT2D eigenvalue weighted by atomic mass is 10.3. The standard InChI is InChI=1S/C9H8FN5O/c10-5-3-13-2-1-7(5)15-4-6(11)8(14-15)9(12)16/h1-4H,11H2,(H2,12,16). The van der Waals surface area contributed by atoms with Crippen molar-refractivity contribution in [3.05, 3.63) is 36.2 Å². The number of carbonyl (C=O) groups is 1. The molecule has 6 nitrogen and oxygen atoms in total. The van der Waals surface area contributed by atoms with Crippen molar-refractivity contribution in [2.24, 2.45) is 5.73 Å². The summed E-state index contributed by atoms with van der Waals surface area (Å²) in [6.07, 6.45) is 3.76. The zero-order valence-corrected chi connectivity index (χ0v) is 8.09. The molecule has 7 heteroatoms. The van der Waals surface area contributed by atoms with E-state index >= 15 is 0 Å². The number of halogens is 1. The number of nitrogens with two attached hydrogens (primary N) is 2. The third-order valence-electron chi connectivity index (χ3n) is 1.97. The Bertz CT molecular complexity index is 551. The van der Waals surface area contributed by atoms with Crippen molar-refractivity contribution in [3.63, 3.8) is 0 Å². The Labute approximate surface area is 89.7 Å². The highest BCUT2D eigenvalue weighted by atomic mass is 19.1. The number of anilines is 1. The topological polar surface area (TPSA) is 99.8 Å². The molecule has 2 aromatic heterocycles. The molecule has 0 bridgehead atoms. The fourth-order valence-electron chi connectivity index (χ4n) is 1.26. The minimum absolute atomic E-state index is 0.0868. The molecule has 0 aliphatic heterocycles. The number of amides is 1. The van der Waals surface area contributed by atoms with Crippen LogP contribution in [0, 0.1) is 5.82 Å². The number of primary amides is 1. The van der Waals surface area contributed by atoms with E-state index in [1.165, 1.54) is 18.5 Å². The summed E-state index contributed by atoms with van der Waals surface area (Å²) >= 11 is 0. The maximum Gasteiger partial charge on any atom is 0.271 e. The molecule has 16 heavy (non-hydrogen) atoms. The number of hydrogen-bond acceptors (Lipinski definition) is 4. The molecule has 0 spiro atoms. The molecule has 2 aromatic rings. The van der Waals surface area contributed by atoms with Crippen LogP contribution in [-0.4, -0.2) is 20.7 Å². The quantitative estimate of drug-likeness (QED) is 0.750. The molecule has 0 saturated carbocycles. The van der Waals surface area contributed by atoms with E-state index in [2.05, 4.69) is 10.1 Å². The number of pyridine rings is 1. The summed E-state index contributed by atoms with van der Waals surface area (Å²) in [5.41, 5.74) is 10.7. The van der Waals surface area contributed by atoms with Gasteiger partial charge in [0.25, 0.3) is 5.91 Å². The van der Waals surface area contributed by atoms with Gasteiger partial charge in [0.15, 0.2) is 11.5 Å². The molecule has 0 saturated heterocycles. The van der Waals surface area contributed by atoms with Crippen LogP contribution < -0.4 is 11.5 Å². The first-order chi connectivity index (χ1) is 7.59. The molecule has 0 radical (unpaired) electrons. The lowest BCUT2D eigenvalue weighted by molar-refractivity contribution is 0.0996. The largest absolute Gasteiger partial charge is 0.396 e. The van der Waals surface area contributed by atoms with E-state index in [1.807, 2.05) is 0 Å². The predicted octanol–water partition coefficient (Wildman–Crippen LogP) is 0.0875. The third-order valence-corrected chi connectivity index (χ3v) is 1.97. The van der Waals surface area contributed by atoms with Gasteiger partial charge in [-0.05, 0) is 6.07 Å². The minimum Gasteiger partial charge on any atom is -0.396 e. The first-order valence-electron chi connectivity index (χ1n) is 4.34. The van der Waals surface area contributed by atoms with Crippen molar-refractivity contribution in [1.29, 1.82) is 0 Å². The van der Waals surface area contributed by atoms with Crippen LogP contribution in [0.15, 0.2) is 24.7 Å². The lowest BCUT2D eigenvalue weighted by Gasteiger charge is -2.00. The molecule has 2 rings (SSSR count). The molecule has 0 atom stereocenters. The zero-order chi connectivity index (χ0) is 11.7. The minimum atomic E-state index is -0.759. The molecule has 4 N–H and O–H groups in total. The average molecular weight is 221 g/mol. The van der Waals surface area contributed by atoms with Gasteiger partial charge in [0, 0.05) is 6.20 Å². The second kappa shape index (κ2) is 3.61. The number of aromatic nitrogens is 3. The van der Waals surface area contributed by atoms with Gasteiger partial charge in [-0.1, -0.05) is 0 Å². The molecule has 0 unspecified atom stereocenters. The number of rotatable bonds is 2. The van der Waals surface area contributed by atoms with E-state index < -0.39 is 11.7 Å². The summed E-state index contributed by atoms with van der Waals surface area (Å²) in [7, 11) is 0. The summed E-state index contributed by atoms with van der Waals surface area (Å²) in [6.45, 7) is 0. The Balaban J connectivity index is 2.54.